The highest BCUT2D eigenvalue weighted by molar-refractivity contribution is 6.33. The number of aromatic nitrogens is 2. The first-order valence-electron chi connectivity index (χ1n) is 8.00. The van der Waals surface area contributed by atoms with Gasteiger partial charge in [-0.2, -0.15) is 0 Å². The molecular weight excluding hydrogens is 356 g/mol. The average molecular weight is 373 g/mol. The summed E-state index contributed by atoms with van der Waals surface area (Å²) in [7, 11) is 0. The number of carbonyl (C=O) groups excluding carboxylic acids is 1. The second-order valence-corrected chi connectivity index (χ2v) is 6.07. The Labute approximate surface area is 155 Å². The number of rotatable bonds is 6. The molecule has 1 unspecified atom stereocenters. The maximum Gasteiger partial charge on any atom is 0.347 e. The van der Waals surface area contributed by atoms with Crippen molar-refractivity contribution in [2.45, 2.75) is 26.6 Å². The van der Waals surface area contributed by atoms with E-state index in [2.05, 4.69) is 10.2 Å². The van der Waals surface area contributed by atoms with Crippen LogP contribution in [0.5, 0.6) is 5.75 Å². The highest BCUT2D eigenvalue weighted by atomic mass is 35.5. The Morgan fingerprint density at radius 1 is 1.15 bits per heavy atom. The van der Waals surface area contributed by atoms with Gasteiger partial charge in [-0.25, -0.2) is 4.79 Å². The first-order valence-corrected chi connectivity index (χ1v) is 8.38. The number of hydrogen-bond acceptors (Lipinski definition) is 6. The minimum atomic E-state index is -0.760. The number of nitrogens with zero attached hydrogens (tertiary/aromatic N) is 2. The van der Waals surface area contributed by atoms with Gasteiger partial charge in [0.2, 0.25) is 5.89 Å². The molecule has 0 amide bonds. The molecule has 1 aromatic heterocycles. The summed E-state index contributed by atoms with van der Waals surface area (Å²) in [6.45, 7) is 3.45. The molecule has 0 aliphatic carbocycles. The number of benzene rings is 2. The quantitative estimate of drug-likeness (QED) is 0.603. The smallest absolute Gasteiger partial charge is 0.347 e. The molecule has 0 aliphatic heterocycles. The number of halogens is 1. The van der Waals surface area contributed by atoms with Crippen LogP contribution in [0.3, 0.4) is 0 Å². The lowest BCUT2D eigenvalue weighted by atomic mass is 10.2. The first kappa shape index (κ1) is 17.9. The van der Waals surface area contributed by atoms with Crippen LogP contribution >= 0.6 is 11.6 Å². The Balaban J connectivity index is 1.56. The molecule has 26 heavy (non-hydrogen) atoms. The van der Waals surface area contributed by atoms with Gasteiger partial charge in [0.05, 0.1) is 10.6 Å². The van der Waals surface area contributed by atoms with E-state index in [1.807, 2.05) is 25.1 Å². The summed E-state index contributed by atoms with van der Waals surface area (Å²) in [6, 6.07) is 14.5. The topological polar surface area (TPSA) is 74.5 Å². The highest BCUT2D eigenvalue weighted by Crippen LogP contribution is 2.26. The van der Waals surface area contributed by atoms with Crippen molar-refractivity contribution in [1.82, 2.24) is 10.2 Å². The summed E-state index contributed by atoms with van der Waals surface area (Å²) in [4.78, 5) is 12.1. The van der Waals surface area contributed by atoms with E-state index >= 15 is 0 Å². The Morgan fingerprint density at radius 2 is 1.88 bits per heavy atom. The second kappa shape index (κ2) is 8.01. The maximum absolute atomic E-state index is 12.1. The second-order valence-electron chi connectivity index (χ2n) is 5.66. The van der Waals surface area contributed by atoms with E-state index in [1.54, 1.807) is 37.3 Å². The lowest BCUT2D eigenvalue weighted by Crippen LogP contribution is -2.26. The van der Waals surface area contributed by atoms with Crippen LogP contribution in [0.2, 0.25) is 5.02 Å². The number of esters is 1. The fourth-order valence-corrected chi connectivity index (χ4v) is 2.39. The van der Waals surface area contributed by atoms with E-state index in [0.29, 0.717) is 16.3 Å². The van der Waals surface area contributed by atoms with Crippen LogP contribution < -0.4 is 4.74 Å². The Hall–Kier alpha value is -2.86. The lowest BCUT2D eigenvalue weighted by molar-refractivity contribution is -0.153. The zero-order valence-corrected chi connectivity index (χ0v) is 15.1. The molecule has 0 saturated heterocycles. The number of hydrogen-bond donors (Lipinski definition) is 0. The van der Waals surface area contributed by atoms with Gasteiger partial charge in [0.25, 0.3) is 5.89 Å². The molecule has 7 heteroatoms. The van der Waals surface area contributed by atoms with Gasteiger partial charge in [-0.3, -0.25) is 0 Å². The summed E-state index contributed by atoms with van der Waals surface area (Å²) in [6.07, 6.45) is -0.760. The summed E-state index contributed by atoms with van der Waals surface area (Å²) in [5.41, 5.74) is 1.73. The molecule has 0 aliphatic rings. The van der Waals surface area contributed by atoms with E-state index in [-0.39, 0.29) is 18.4 Å². The van der Waals surface area contributed by atoms with Gasteiger partial charge in [-0.15, -0.1) is 10.2 Å². The van der Waals surface area contributed by atoms with E-state index < -0.39 is 12.1 Å². The molecule has 1 atom stereocenters. The van der Waals surface area contributed by atoms with Crippen molar-refractivity contribution in [2.75, 3.05) is 0 Å². The number of ether oxygens (including phenoxy) is 2. The lowest BCUT2D eigenvalue weighted by Gasteiger charge is -2.13. The number of aryl methyl sites for hydroxylation is 1. The van der Waals surface area contributed by atoms with Crippen LogP contribution in [0.15, 0.2) is 52.9 Å². The molecule has 0 fully saturated rings. The largest absolute Gasteiger partial charge is 0.479 e. The third-order valence-electron chi connectivity index (χ3n) is 3.57. The SMILES string of the molecule is Cc1ccc(OC(C)C(=O)OCc2nnc(-c3ccccc3Cl)o2)cc1. The minimum Gasteiger partial charge on any atom is -0.479 e. The molecule has 0 bridgehead atoms. The Bertz CT molecular complexity index is 893. The normalized spacial score (nSPS) is 11.8. The van der Waals surface area contributed by atoms with E-state index in [1.165, 1.54) is 0 Å². The van der Waals surface area contributed by atoms with Crippen molar-refractivity contribution in [3.63, 3.8) is 0 Å². The Morgan fingerprint density at radius 3 is 2.62 bits per heavy atom. The Kier molecular flexibility index (Phi) is 5.53. The third-order valence-corrected chi connectivity index (χ3v) is 3.90. The van der Waals surface area contributed by atoms with Crippen LogP contribution in [0, 0.1) is 6.92 Å². The predicted octanol–water partition coefficient (Wildman–Crippen LogP) is 4.21. The molecule has 3 aromatic rings. The monoisotopic (exact) mass is 372 g/mol. The van der Waals surface area contributed by atoms with Gasteiger partial charge in [-0.1, -0.05) is 41.4 Å². The van der Waals surface area contributed by atoms with Crippen molar-refractivity contribution in [1.29, 1.82) is 0 Å². The summed E-state index contributed by atoms with van der Waals surface area (Å²) in [5.74, 6) is 0.517. The zero-order chi connectivity index (χ0) is 18.5. The van der Waals surface area contributed by atoms with Crippen LogP contribution in [0.1, 0.15) is 18.4 Å². The summed E-state index contributed by atoms with van der Waals surface area (Å²) < 4.78 is 16.2. The predicted molar refractivity (Wildman–Crippen MR) is 95.8 cm³/mol. The molecule has 1 heterocycles. The average Bonchev–Trinajstić information content (AvgIpc) is 3.10. The fourth-order valence-electron chi connectivity index (χ4n) is 2.17. The van der Waals surface area contributed by atoms with Gasteiger partial charge in [0, 0.05) is 0 Å². The maximum atomic E-state index is 12.1. The van der Waals surface area contributed by atoms with Crippen molar-refractivity contribution in [2.24, 2.45) is 0 Å². The number of carbonyl (C=O) groups is 1. The standard InChI is InChI=1S/C19H17ClN2O4/c1-12-7-9-14(10-8-12)25-13(2)19(23)24-11-17-21-22-18(26-17)15-5-3-4-6-16(15)20/h3-10,13H,11H2,1-2H3. The minimum absolute atomic E-state index is 0.141. The molecule has 134 valence electrons. The van der Waals surface area contributed by atoms with E-state index in [4.69, 9.17) is 25.5 Å². The molecular formula is C19H17ClN2O4. The highest BCUT2D eigenvalue weighted by Gasteiger charge is 2.18. The van der Waals surface area contributed by atoms with Gasteiger partial charge in [-0.05, 0) is 38.1 Å². The van der Waals surface area contributed by atoms with Crippen LogP contribution in [-0.2, 0) is 16.1 Å². The molecule has 2 aromatic carbocycles. The van der Waals surface area contributed by atoms with Crippen molar-refractivity contribution >= 4 is 17.6 Å². The summed E-state index contributed by atoms with van der Waals surface area (Å²) in [5, 5.41) is 8.29. The zero-order valence-electron chi connectivity index (χ0n) is 14.3. The van der Waals surface area contributed by atoms with Crippen LogP contribution in [-0.4, -0.2) is 22.3 Å². The van der Waals surface area contributed by atoms with Gasteiger partial charge in [0.15, 0.2) is 12.7 Å². The fraction of sp³-hybridized carbons (Fsp3) is 0.211. The van der Waals surface area contributed by atoms with Gasteiger partial charge < -0.3 is 13.9 Å². The molecule has 0 spiro atoms. The molecule has 0 N–H and O–H groups in total. The molecule has 3 rings (SSSR count). The van der Waals surface area contributed by atoms with Gasteiger partial charge >= 0.3 is 5.97 Å². The van der Waals surface area contributed by atoms with Crippen LogP contribution in [0.4, 0.5) is 0 Å². The van der Waals surface area contributed by atoms with E-state index in [9.17, 15) is 4.79 Å². The van der Waals surface area contributed by atoms with Crippen molar-refractivity contribution < 1.29 is 18.7 Å². The van der Waals surface area contributed by atoms with E-state index in [0.717, 1.165) is 5.56 Å². The molecule has 0 radical (unpaired) electrons. The van der Waals surface area contributed by atoms with Crippen molar-refractivity contribution in [3.05, 3.63) is 65.0 Å². The molecule has 6 nitrogen and oxygen atoms in total. The third kappa shape index (κ3) is 4.40. The van der Waals surface area contributed by atoms with Crippen LogP contribution in [0.25, 0.3) is 11.5 Å². The summed E-state index contributed by atoms with van der Waals surface area (Å²) >= 11 is 6.09. The van der Waals surface area contributed by atoms with Crippen molar-refractivity contribution in [3.8, 4) is 17.2 Å². The molecule has 0 saturated carbocycles. The van der Waals surface area contributed by atoms with Gasteiger partial charge in [0.1, 0.15) is 5.75 Å². The first-order chi connectivity index (χ1) is 12.5.